The molecule has 17 heavy (non-hydrogen) atoms. The first-order chi connectivity index (χ1) is 8.16. The van der Waals surface area contributed by atoms with Gasteiger partial charge in [-0.25, -0.2) is 4.98 Å². The number of rotatable bonds is 2. The molecule has 0 aliphatic carbocycles. The van der Waals surface area contributed by atoms with E-state index in [1.165, 1.54) is 0 Å². The molecular formula is C12H10ClN3O. The average molecular weight is 248 g/mol. The van der Waals surface area contributed by atoms with Gasteiger partial charge < -0.3 is 11.1 Å². The van der Waals surface area contributed by atoms with E-state index in [4.69, 9.17) is 17.3 Å². The minimum Gasteiger partial charge on any atom is -0.384 e. The Bertz CT molecular complexity index is 557. The van der Waals surface area contributed by atoms with E-state index >= 15 is 0 Å². The number of benzene rings is 1. The molecule has 0 spiro atoms. The van der Waals surface area contributed by atoms with Gasteiger partial charge in [-0.1, -0.05) is 29.8 Å². The maximum Gasteiger partial charge on any atom is 0.258 e. The minimum absolute atomic E-state index is 0.311. The topological polar surface area (TPSA) is 68.0 Å². The van der Waals surface area contributed by atoms with Gasteiger partial charge in [-0.2, -0.15) is 0 Å². The summed E-state index contributed by atoms with van der Waals surface area (Å²) >= 11 is 5.91. The van der Waals surface area contributed by atoms with Gasteiger partial charge in [0.15, 0.2) is 0 Å². The van der Waals surface area contributed by atoms with Gasteiger partial charge in [0.05, 0.1) is 10.6 Å². The highest BCUT2D eigenvalue weighted by Gasteiger charge is 2.09. The highest BCUT2D eigenvalue weighted by Crippen LogP contribution is 2.16. The number of hydrogen-bond acceptors (Lipinski definition) is 3. The fourth-order valence-corrected chi connectivity index (χ4v) is 1.57. The second-order valence-corrected chi connectivity index (χ2v) is 3.79. The van der Waals surface area contributed by atoms with Gasteiger partial charge in [-0.15, -0.1) is 0 Å². The van der Waals surface area contributed by atoms with Crippen molar-refractivity contribution in [2.24, 2.45) is 0 Å². The van der Waals surface area contributed by atoms with Crippen molar-refractivity contribution in [3.8, 4) is 0 Å². The number of nitrogens with zero attached hydrogens (tertiary/aromatic N) is 1. The number of nitrogen functional groups attached to an aromatic ring is 1. The van der Waals surface area contributed by atoms with Crippen molar-refractivity contribution >= 4 is 29.1 Å². The molecule has 0 saturated heterocycles. The number of pyridine rings is 1. The number of carbonyl (C=O) groups is 1. The zero-order valence-electron chi connectivity index (χ0n) is 8.85. The van der Waals surface area contributed by atoms with Crippen molar-refractivity contribution in [1.29, 1.82) is 0 Å². The Kier molecular flexibility index (Phi) is 3.25. The molecule has 4 nitrogen and oxygen atoms in total. The summed E-state index contributed by atoms with van der Waals surface area (Å²) in [4.78, 5) is 15.8. The lowest BCUT2D eigenvalue weighted by Crippen LogP contribution is -2.13. The molecule has 2 aromatic rings. The molecule has 3 N–H and O–H groups in total. The van der Waals surface area contributed by atoms with Crippen LogP contribution in [0.25, 0.3) is 0 Å². The van der Waals surface area contributed by atoms with Crippen LogP contribution in [0.1, 0.15) is 10.4 Å². The fourth-order valence-electron chi connectivity index (χ4n) is 1.35. The van der Waals surface area contributed by atoms with Gasteiger partial charge in [0.1, 0.15) is 11.6 Å². The summed E-state index contributed by atoms with van der Waals surface area (Å²) in [6.07, 6.45) is 0. The van der Waals surface area contributed by atoms with E-state index in [0.717, 1.165) is 0 Å². The number of carbonyl (C=O) groups excluding carboxylic acids is 1. The van der Waals surface area contributed by atoms with Crippen LogP contribution in [0.15, 0.2) is 42.5 Å². The van der Waals surface area contributed by atoms with Gasteiger partial charge in [0.25, 0.3) is 5.91 Å². The predicted octanol–water partition coefficient (Wildman–Crippen LogP) is 2.57. The van der Waals surface area contributed by atoms with Crippen LogP contribution in [0.5, 0.6) is 0 Å². The Balaban J connectivity index is 2.20. The number of halogens is 1. The maximum absolute atomic E-state index is 11.9. The molecule has 0 unspecified atom stereocenters. The fraction of sp³-hybridized carbons (Fsp3) is 0. The largest absolute Gasteiger partial charge is 0.384 e. The van der Waals surface area contributed by atoms with E-state index in [2.05, 4.69) is 10.3 Å². The first-order valence-electron chi connectivity index (χ1n) is 4.95. The summed E-state index contributed by atoms with van der Waals surface area (Å²) in [5.74, 6) is 0.436. The zero-order chi connectivity index (χ0) is 12.3. The summed E-state index contributed by atoms with van der Waals surface area (Å²) < 4.78 is 0. The van der Waals surface area contributed by atoms with E-state index in [1.807, 2.05) is 0 Å². The second kappa shape index (κ2) is 4.84. The number of hydrogen-bond donors (Lipinski definition) is 2. The summed E-state index contributed by atoms with van der Waals surface area (Å²) in [6, 6.07) is 11.8. The SMILES string of the molecule is Nc1cccc(NC(=O)c2ccccc2Cl)n1. The minimum atomic E-state index is -0.311. The van der Waals surface area contributed by atoms with Gasteiger partial charge in [-0.05, 0) is 24.3 Å². The lowest BCUT2D eigenvalue weighted by molar-refractivity contribution is 0.102. The number of nitrogens with one attached hydrogen (secondary N) is 1. The molecule has 1 heterocycles. The normalized spacial score (nSPS) is 9.94. The van der Waals surface area contributed by atoms with Gasteiger partial charge >= 0.3 is 0 Å². The molecule has 2 rings (SSSR count). The van der Waals surface area contributed by atoms with Crippen molar-refractivity contribution in [2.45, 2.75) is 0 Å². The molecular weight excluding hydrogens is 238 g/mol. The molecule has 5 heteroatoms. The summed E-state index contributed by atoms with van der Waals surface area (Å²) in [6.45, 7) is 0. The number of aromatic nitrogens is 1. The monoisotopic (exact) mass is 247 g/mol. The van der Waals surface area contributed by atoms with Crippen LogP contribution >= 0.6 is 11.6 Å². The van der Waals surface area contributed by atoms with Crippen molar-refractivity contribution in [1.82, 2.24) is 4.98 Å². The maximum atomic E-state index is 11.9. The molecule has 0 fully saturated rings. The third kappa shape index (κ3) is 2.73. The highest BCUT2D eigenvalue weighted by atomic mass is 35.5. The van der Waals surface area contributed by atoms with Gasteiger partial charge in [0, 0.05) is 0 Å². The number of anilines is 2. The van der Waals surface area contributed by atoms with E-state index in [0.29, 0.717) is 22.2 Å². The molecule has 0 aliphatic heterocycles. The van der Waals surface area contributed by atoms with Crippen LogP contribution in [-0.2, 0) is 0 Å². The molecule has 0 radical (unpaired) electrons. The van der Waals surface area contributed by atoms with Gasteiger partial charge in [-0.3, -0.25) is 4.79 Å². The first kappa shape index (κ1) is 11.4. The number of nitrogens with two attached hydrogens (primary N) is 1. The first-order valence-corrected chi connectivity index (χ1v) is 5.33. The molecule has 0 saturated carbocycles. The smallest absolute Gasteiger partial charge is 0.258 e. The lowest BCUT2D eigenvalue weighted by Gasteiger charge is -2.06. The highest BCUT2D eigenvalue weighted by molar-refractivity contribution is 6.34. The summed E-state index contributed by atoms with van der Waals surface area (Å²) in [7, 11) is 0. The summed E-state index contributed by atoms with van der Waals surface area (Å²) in [5, 5.41) is 3.02. The van der Waals surface area contributed by atoms with Crippen LogP contribution in [0, 0.1) is 0 Å². The van der Waals surface area contributed by atoms with Gasteiger partial charge in [0.2, 0.25) is 0 Å². The van der Waals surface area contributed by atoms with Crippen LogP contribution in [0.2, 0.25) is 5.02 Å². The molecule has 1 aromatic carbocycles. The standard InChI is InChI=1S/C12H10ClN3O/c13-9-5-2-1-4-8(9)12(17)16-11-7-3-6-10(14)15-11/h1-7H,(H3,14,15,16,17). The quantitative estimate of drug-likeness (QED) is 0.857. The van der Waals surface area contributed by atoms with Crippen LogP contribution < -0.4 is 11.1 Å². The molecule has 1 aromatic heterocycles. The van der Waals surface area contributed by atoms with Crippen molar-refractivity contribution in [2.75, 3.05) is 11.1 Å². The van der Waals surface area contributed by atoms with E-state index in [1.54, 1.807) is 42.5 Å². The Morgan fingerprint density at radius 1 is 1.18 bits per heavy atom. The van der Waals surface area contributed by atoms with E-state index in [-0.39, 0.29) is 5.91 Å². The Hall–Kier alpha value is -2.07. The second-order valence-electron chi connectivity index (χ2n) is 3.38. The van der Waals surface area contributed by atoms with Crippen molar-refractivity contribution < 1.29 is 4.79 Å². The average Bonchev–Trinajstić information content (AvgIpc) is 2.29. The molecule has 0 aliphatic rings. The predicted molar refractivity (Wildman–Crippen MR) is 68.1 cm³/mol. The van der Waals surface area contributed by atoms with Crippen LogP contribution in [0.4, 0.5) is 11.6 Å². The summed E-state index contributed by atoms with van der Waals surface area (Å²) in [5.41, 5.74) is 5.92. The third-order valence-corrected chi connectivity index (χ3v) is 2.46. The molecule has 1 amide bonds. The van der Waals surface area contributed by atoms with Crippen molar-refractivity contribution in [3.05, 3.63) is 53.1 Å². The number of amides is 1. The Morgan fingerprint density at radius 3 is 2.65 bits per heavy atom. The van der Waals surface area contributed by atoms with Crippen molar-refractivity contribution in [3.63, 3.8) is 0 Å². The van der Waals surface area contributed by atoms with E-state index in [9.17, 15) is 4.79 Å². The molecule has 86 valence electrons. The molecule has 0 bridgehead atoms. The zero-order valence-corrected chi connectivity index (χ0v) is 9.61. The Morgan fingerprint density at radius 2 is 1.94 bits per heavy atom. The van der Waals surface area contributed by atoms with Crippen LogP contribution in [0.3, 0.4) is 0 Å². The van der Waals surface area contributed by atoms with Crippen LogP contribution in [-0.4, -0.2) is 10.9 Å². The Labute approximate surface area is 103 Å². The lowest BCUT2D eigenvalue weighted by atomic mass is 10.2. The van der Waals surface area contributed by atoms with E-state index < -0.39 is 0 Å². The third-order valence-electron chi connectivity index (χ3n) is 2.13. The molecule has 0 atom stereocenters.